The van der Waals surface area contributed by atoms with Crippen molar-refractivity contribution < 1.29 is 9.13 Å². The molecule has 0 radical (unpaired) electrons. The number of nitrogens with one attached hydrogen (secondary N) is 2. The third-order valence-corrected chi connectivity index (χ3v) is 4.08. The van der Waals surface area contributed by atoms with Crippen molar-refractivity contribution in [3.8, 4) is 0 Å². The van der Waals surface area contributed by atoms with Gasteiger partial charge in [0.1, 0.15) is 5.82 Å². The summed E-state index contributed by atoms with van der Waals surface area (Å²) in [5.74, 6) is 0.468. The molecule has 2 N–H and O–H groups in total. The number of hydrogen-bond donors (Lipinski definition) is 2. The Bertz CT molecular complexity index is 521. The first-order valence-corrected chi connectivity index (χ1v) is 8.74. The lowest BCUT2D eigenvalue weighted by Gasteiger charge is -2.26. The SMILES string of the molecule is CCNC(=NCc1ccc(Br)cc1F)NCCN1CCOCC1. The second-order valence-electron chi connectivity index (χ2n) is 5.31. The molecule has 7 heteroatoms. The molecule has 1 saturated heterocycles. The Morgan fingerprint density at radius 1 is 1.35 bits per heavy atom. The third kappa shape index (κ3) is 6.45. The van der Waals surface area contributed by atoms with Gasteiger partial charge in [0.05, 0.1) is 19.8 Å². The van der Waals surface area contributed by atoms with Gasteiger partial charge in [-0.05, 0) is 19.1 Å². The average Bonchev–Trinajstić information content (AvgIpc) is 2.55. The van der Waals surface area contributed by atoms with Gasteiger partial charge in [0.2, 0.25) is 0 Å². The minimum Gasteiger partial charge on any atom is -0.379 e. The van der Waals surface area contributed by atoms with Crippen LogP contribution in [-0.4, -0.2) is 56.8 Å². The van der Waals surface area contributed by atoms with Crippen LogP contribution in [0.2, 0.25) is 0 Å². The molecule has 0 aliphatic carbocycles. The predicted octanol–water partition coefficient (Wildman–Crippen LogP) is 1.98. The molecule has 1 aromatic carbocycles. The van der Waals surface area contributed by atoms with Gasteiger partial charge in [-0.25, -0.2) is 9.38 Å². The number of halogens is 2. The second kappa shape index (κ2) is 9.85. The fourth-order valence-corrected chi connectivity index (χ4v) is 2.65. The number of aliphatic imine (C=N–C) groups is 1. The number of rotatable bonds is 6. The van der Waals surface area contributed by atoms with Crippen LogP contribution in [0.25, 0.3) is 0 Å². The first kappa shape index (κ1) is 18.2. The van der Waals surface area contributed by atoms with Gasteiger partial charge in [-0.3, -0.25) is 4.90 Å². The van der Waals surface area contributed by atoms with E-state index in [0.29, 0.717) is 18.1 Å². The molecule has 0 atom stereocenters. The van der Waals surface area contributed by atoms with E-state index in [9.17, 15) is 4.39 Å². The normalized spacial score (nSPS) is 16.4. The lowest BCUT2D eigenvalue weighted by molar-refractivity contribution is 0.0389. The monoisotopic (exact) mass is 386 g/mol. The summed E-state index contributed by atoms with van der Waals surface area (Å²) >= 11 is 3.26. The average molecular weight is 387 g/mol. The van der Waals surface area contributed by atoms with Crippen molar-refractivity contribution in [1.82, 2.24) is 15.5 Å². The first-order chi connectivity index (χ1) is 11.2. The molecule has 0 spiro atoms. The van der Waals surface area contributed by atoms with Crippen molar-refractivity contribution in [3.05, 3.63) is 34.1 Å². The van der Waals surface area contributed by atoms with Gasteiger partial charge < -0.3 is 15.4 Å². The number of guanidine groups is 1. The summed E-state index contributed by atoms with van der Waals surface area (Å²) in [6.45, 7) is 8.39. The predicted molar refractivity (Wildman–Crippen MR) is 94.2 cm³/mol. The van der Waals surface area contributed by atoms with Crippen molar-refractivity contribution in [2.45, 2.75) is 13.5 Å². The highest BCUT2D eigenvalue weighted by Gasteiger charge is 2.09. The van der Waals surface area contributed by atoms with E-state index in [4.69, 9.17) is 4.74 Å². The molecule has 5 nitrogen and oxygen atoms in total. The number of hydrogen-bond acceptors (Lipinski definition) is 3. The zero-order valence-corrected chi connectivity index (χ0v) is 15.0. The zero-order chi connectivity index (χ0) is 16.5. The van der Waals surface area contributed by atoms with Crippen LogP contribution >= 0.6 is 15.9 Å². The van der Waals surface area contributed by atoms with E-state index in [2.05, 4.69) is 36.5 Å². The molecule has 0 saturated carbocycles. The first-order valence-electron chi connectivity index (χ1n) is 7.95. The maximum Gasteiger partial charge on any atom is 0.191 e. The Morgan fingerprint density at radius 2 is 2.13 bits per heavy atom. The number of benzene rings is 1. The topological polar surface area (TPSA) is 48.9 Å². The highest BCUT2D eigenvalue weighted by Crippen LogP contribution is 2.15. The molecule has 1 aromatic rings. The van der Waals surface area contributed by atoms with Crippen LogP contribution in [0.3, 0.4) is 0 Å². The molecule has 1 aliphatic rings. The van der Waals surface area contributed by atoms with Gasteiger partial charge in [0, 0.05) is 42.8 Å². The number of morpholine rings is 1. The summed E-state index contributed by atoms with van der Waals surface area (Å²) in [6.07, 6.45) is 0. The molecule has 0 aromatic heterocycles. The summed E-state index contributed by atoms with van der Waals surface area (Å²) in [4.78, 5) is 6.81. The van der Waals surface area contributed by atoms with Crippen LogP contribution in [0, 0.1) is 5.82 Å². The molecule has 0 unspecified atom stereocenters. The summed E-state index contributed by atoms with van der Waals surface area (Å²) in [7, 11) is 0. The smallest absolute Gasteiger partial charge is 0.191 e. The molecular formula is C16H24BrFN4O. The van der Waals surface area contributed by atoms with Crippen LogP contribution in [0.5, 0.6) is 0 Å². The molecule has 0 amide bonds. The Hall–Kier alpha value is -1.18. The van der Waals surface area contributed by atoms with Gasteiger partial charge in [0.15, 0.2) is 5.96 Å². The maximum absolute atomic E-state index is 13.8. The van der Waals surface area contributed by atoms with Crippen molar-refractivity contribution in [2.75, 3.05) is 45.9 Å². The largest absolute Gasteiger partial charge is 0.379 e. The third-order valence-electron chi connectivity index (χ3n) is 3.59. The maximum atomic E-state index is 13.8. The van der Waals surface area contributed by atoms with Gasteiger partial charge in [-0.15, -0.1) is 0 Å². The van der Waals surface area contributed by atoms with Crippen LogP contribution in [0.1, 0.15) is 12.5 Å². The lowest BCUT2D eigenvalue weighted by atomic mass is 10.2. The van der Waals surface area contributed by atoms with E-state index in [1.54, 1.807) is 6.07 Å². The minimum atomic E-state index is -0.243. The van der Waals surface area contributed by atoms with Gasteiger partial charge in [0.25, 0.3) is 0 Å². The number of ether oxygens (including phenoxy) is 1. The van der Waals surface area contributed by atoms with E-state index >= 15 is 0 Å². The molecule has 1 heterocycles. The fraction of sp³-hybridized carbons (Fsp3) is 0.562. The van der Waals surface area contributed by atoms with Crippen molar-refractivity contribution in [3.63, 3.8) is 0 Å². The van der Waals surface area contributed by atoms with Crippen molar-refractivity contribution >= 4 is 21.9 Å². The van der Waals surface area contributed by atoms with Crippen molar-refractivity contribution in [2.24, 2.45) is 4.99 Å². The molecule has 128 valence electrons. The standard InChI is InChI=1S/C16H24BrFN4O/c1-2-19-16(20-5-6-22-7-9-23-10-8-22)21-12-13-3-4-14(17)11-15(13)18/h3-4,11H,2,5-10,12H2,1H3,(H2,19,20,21). The van der Waals surface area contributed by atoms with Crippen LogP contribution < -0.4 is 10.6 Å². The number of nitrogens with zero attached hydrogens (tertiary/aromatic N) is 2. The van der Waals surface area contributed by atoms with Gasteiger partial charge >= 0.3 is 0 Å². The molecule has 1 fully saturated rings. The highest BCUT2D eigenvalue weighted by atomic mass is 79.9. The molecule has 1 aliphatic heterocycles. The Balaban J connectivity index is 1.83. The van der Waals surface area contributed by atoms with Gasteiger partial charge in [-0.2, -0.15) is 0 Å². The molecule has 0 bridgehead atoms. The quantitative estimate of drug-likeness (QED) is 0.579. The van der Waals surface area contributed by atoms with Crippen LogP contribution in [-0.2, 0) is 11.3 Å². The molecular weight excluding hydrogens is 363 g/mol. The summed E-state index contributed by atoms with van der Waals surface area (Å²) in [5, 5.41) is 6.48. The zero-order valence-electron chi connectivity index (χ0n) is 13.4. The van der Waals surface area contributed by atoms with Crippen molar-refractivity contribution in [1.29, 1.82) is 0 Å². The molecule has 23 heavy (non-hydrogen) atoms. The lowest BCUT2D eigenvalue weighted by Crippen LogP contribution is -2.44. The summed E-state index contributed by atoms with van der Waals surface area (Å²) in [6, 6.07) is 5.04. The highest BCUT2D eigenvalue weighted by molar-refractivity contribution is 9.10. The Kier molecular flexibility index (Phi) is 7.78. The van der Waals surface area contributed by atoms with Gasteiger partial charge in [-0.1, -0.05) is 22.0 Å². The molecule has 2 rings (SSSR count). The van der Waals surface area contributed by atoms with E-state index < -0.39 is 0 Å². The fourth-order valence-electron chi connectivity index (χ4n) is 2.31. The van der Waals surface area contributed by atoms with E-state index in [1.165, 1.54) is 6.07 Å². The van der Waals surface area contributed by atoms with Crippen LogP contribution in [0.15, 0.2) is 27.7 Å². The minimum absolute atomic E-state index is 0.243. The summed E-state index contributed by atoms with van der Waals surface area (Å²) in [5.41, 5.74) is 0.582. The van der Waals surface area contributed by atoms with E-state index in [1.807, 2.05) is 13.0 Å². The van der Waals surface area contributed by atoms with E-state index in [-0.39, 0.29) is 5.82 Å². The summed E-state index contributed by atoms with van der Waals surface area (Å²) < 4.78 is 19.9. The second-order valence-corrected chi connectivity index (χ2v) is 6.23. The van der Waals surface area contributed by atoms with E-state index in [0.717, 1.165) is 50.4 Å². The van der Waals surface area contributed by atoms with Crippen LogP contribution in [0.4, 0.5) is 4.39 Å². The Morgan fingerprint density at radius 3 is 2.83 bits per heavy atom. The Labute approximate surface area is 145 Å².